The smallest absolute Gasteiger partial charge is 0.316 e. The third-order valence-electron chi connectivity index (χ3n) is 4.94. The van der Waals surface area contributed by atoms with Crippen LogP contribution in [0.1, 0.15) is 23.3 Å². The molecule has 0 saturated carbocycles. The van der Waals surface area contributed by atoms with Crippen molar-refractivity contribution in [1.82, 2.24) is 24.6 Å². The predicted molar refractivity (Wildman–Crippen MR) is 107 cm³/mol. The summed E-state index contributed by atoms with van der Waals surface area (Å²) in [7, 11) is 3.41. The van der Waals surface area contributed by atoms with E-state index in [4.69, 9.17) is 9.47 Å². The van der Waals surface area contributed by atoms with Crippen LogP contribution in [0.3, 0.4) is 0 Å². The molecular formula is C21H23N5O3. The summed E-state index contributed by atoms with van der Waals surface area (Å²) in [5, 5.41) is 4.52. The number of nitrogens with zero attached hydrogens (tertiary/aromatic N) is 5. The van der Waals surface area contributed by atoms with Crippen LogP contribution < -0.4 is 9.47 Å². The van der Waals surface area contributed by atoms with Crippen molar-refractivity contribution in [3.05, 3.63) is 54.5 Å². The Hall–Kier alpha value is -3.42. The number of carbonyl (C=O) groups excluding carboxylic acids is 1. The van der Waals surface area contributed by atoms with Crippen LogP contribution in [0.4, 0.5) is 0 Å². The molecular weight excluding hydrogens is 370 g/mol. The zero-order chi connectivity index (χ0) is 20.2. The minimum atomic E-state index is -0.124. The fraction of sp³-hybridized carbons (Fsp3) is 0.333. The van der Waals surface area contributed by atoms with Crippen LogP contribution in [-0.2, 0) is 7.05 Å². The molecule has 1 fully saturated rings. The lowest BCUT2D eigenvalue weighted by Gasteiger charge is -2.32. The van der Waals surface area contributed by atoms with E-state index in [-0.39, 0.29) is 12.0 Å². The minimum absolute atomic E-state index is 0.0589. The molecule has 1 atom stereocenters. The number of rotatable bonds is 5. The molecule has 29 heavy (non-hydrogen) atoms. The zero-order valence-electron chi connectivity index (χ0n) is 16.5. The highest BCUT2D eigenvalue weighted by molar-refractivity contribution is 5.93. The molecule has 1 amide bonds. The highest BCUT2D eigenvalue weighted by Gasteiger charge is 2.28. The number of amides is 1. The van der Waals surface area contributed by atoms with Crippen LogP contribution in [0.25, 0.3) is 11.3 Å². The number of benzene rings is 1. The Morgan fingerprint density at radius 1 is 1.17 bits per heavy atom. The largest absolute Gasteiger partial charge is 0.497 e. The van der Waals surface area contributed by atoms with E-state index in [1.54, 1.807) is 37.3 Å². The summed E-state index contributed by atoms with van der Waals surface area (Å²) in [6.07, 6.45) is 4.89. The van der Waals surface area contributed by atoms with Crippen molar-refractivity contribution in [1.29, 1.82) is 0 Å². The average Bonchev–Trinajstić information content (AvgIpc) is 3.16. The van der Waals surface area contributed by atoms with Gasteiger partial charge in [0.2, 0.25) is 0 Å². The maximum atomic E-state index is 13.1. The van der Waals surface area contributed by atoms with E-state index in [0.29, 0.717) is 24.8 Å². The Bertz CT molecular complexity index is 989. The molecule has 0 radical (unpaired) electrons. The average molecular weight is 393 g/mol. The standard InChI is InChI=1S/C21H23N5O3/c1-25-19(13-18(24-25)15-6-3-7-16(12-15)28-2)20(27)26-11-4-8-17(14-26)29-21-22-9-5-10-23-21/h3,5-7,9-10,12-13,17H,4,8,11,14H2,1-2H3. The number of hydrogen-bond donors (Lipinski definition) is 0. The summed E-state index contributed by atoms with van der Waals surface area (Å²) in [5.41, 5.74) is 2.18. The van der Waals surface area contributed by atoms with Gasteiger partial charge in [-0.05, 0) is 37.1 Å². The number of aryl methyl sites for hydroxylation is 1. The SMILES string of the molecule is COc1cccc(-c2cc(C(=O)N3CCCC(Oc4ncccn4)C3)n(C)n2)c1. The van der Waals surface area contributed by atoms with Crippen molar-refractivity contribution < 1.29 is 14.3 Å². The van der Waals surface area contributed by atoms with Gasteiger partial charge in [-0.1, -0.05) is 12.1 Å². The molecule has 150 valence electrons. The van der Waals surface area contributed by atoms with Crippen molar-refractivity contribution in [2.24, 2.45) is 7.05 Å². The van der Waals surface area contributed by atoms with Crippen LogP contribution in [0, 0.1) is 0 Å². The van der Waals surface area contributed by atoms with Crippen molar-refractivity contribution in [3.63, 3.8) is 0 Å². The Morgan fingerprint density at radius 3 is 2.79 bits per heavy atom. The van der Waals surface area contributed by atoms with E-state index in [0.717, 1.165) is 29.8 Å². The van der Waals surface area contributed by atoms with E-state index >= 15 is 0 Å². The van der Waals surface area contributed by atoms with E-state index in [1.807, 2.05) is 35.2 Å². The predicted octanol–water partition coefficient (Wildman–Crippen LogP) is 2.57. The molecule has 1 aliphatic rings. The lowest BCUT2D eigenvalue weighted by atomic mass is 10.1. The molecule has 2 aromatic heterocycles. The maximum Gasteiger partial charge on any atom is 0.316 e. The highest BCUT2D eigenvalue weighted by atomic mass is 16.5. The molecule has 1 saturated heterocycles. The quantitative estimate of drug-likeness (QED) is 0.663. The molecule has 8 heteroatoms. The minimum Gasteiger partial charge on any atom is -0.497 e. The first-order valence-corrected chi connectivity index (χ1v) is 9.55. The molecule has 3 heterocycles. The van der Waals surface area contributed by atoms with E-state index in [1.165, 1.54) is 0 Å². The van der Waals surface area contributed by atoms with Crippen LogP contribution in [0.15, 0.2) is 48.8 Å². The number of ether oxygens (including phenoxy) is 2. The molecule has 4 rings (SSSR count). The first-order valence-electron chi connectivity index (χ1n) is 9.55. The third kappa shape index (κ3) is 4.21. The fourth-order valence-electron chi connectivity index (χ4n) is 3.47. The second kappa shape index (κ2) is 8.30. The molecule has 8 nitrogen and oxygen atoms in total. The topological polar surface area (TPSA) is 82.4 Å². The van der Waals surface area contributed by atoms with E-state index < -0.39 is 0 Å². The third-order valence-corrected chi connectivity index (χ3v) is 4.94. The number of likely N-dealkylation sites (tertiary alicyclic amines) is 1. The van der Waals surface area contributed by atoms with Crippen LogP contribution >= 0.6 is 0 Å². The Morgan fingerprint density at radius 2 is 2.00 bits per heavy atom. The number of methoxy groups -OCH3 is 1. The molecule has 1 unspecified atom stereocenters. The Kier molecular flexibility index (Phi) is 5.41. The molecule has 0 spiro atoms. The summed E-state index contributed by atoms with van der Waals surface area (Å²) < 4.78 is 12.8. The van der Waals surface area contributed by atoms with Crippen molar-refractivity contribution in [2.45, 2.75) is 18.9 Å². The first kappa shape index (κ1) is 18.9. The normalized spacial score (nSPS) is 16.5. The van der Waals surface area contributed by atoms with Gasteiger partial charge in [-0.3, -0.25) is 9.48 Å². The first-order chi connectivity index (χ1) is 14.1. The molecule has 0 aliphatic carbocycles. The molecule has 1 aromatic carbocycles. The maximum absolute atomic E-state index is 13.1. The highest BCUT2D eigenvalue weighted by Crippen LogP contribution is 2.24. The van der Waals surface area contributed by atoms with Crippen LogP contribution in [-0.4, -0.2) is 56.9 Å². The molecule has 1 aliphatic heterocycles. The van der Waals surface area contributed by atoms with Gasteiger partial charge in [-0.15, -0.1) is 0 Å². The summed E-state index contributed by atoms with van der Waals surface area (Å²) >= 11 is 0. The molecule has 0 bridgehead atoms. The lowest BCUT2D eigenvalue weighted by Crippen LogP contribution is -2.45. The van der Waals surface area contributed by atoms with Gasteiger partial charge in [0.25, 0.3) is 5.91 Å². The van der Waals surface area contributed by atoms with Gasteiger partial charge in [0.1, 0.15) is 17.5 Å². The summed E-state index contributed by atoms with van der Waals surface area (Å²) in [6, 6.07) is 11.5. The number of aromatic nitrogens is 4. The van der Waals surface area contributed by atoms with Crippen LogP contribution in [0.2, 0.25) is 0 Å². The van der Waals surface area contributed by atoms with Gasteiger partial charge in [-0.2, -0.15) is 5.10 Å². The second-order valence-electron chi connectivity index (χ2n) is 6.94. The van der Waals surface area contributed by atoms with Crippen molar-refractivity contribution in [3.8, 4) is 23.0 Å². The second-order valence-corrected chi connectivity index (χ2v) is 6.94. The van der Waals surface area contributed by atoms with Gasteiger partial charge >= 0.3 is 6.01 Å². The number of hydrogen-bond acceptors (Lipinski definition) is 6. The van der Waals surface area contributed by atoms with Gasteiger partial charge in [-0.25, -0.2) is 9.97 Å². The summed E-state index contributed by atoms with van der Waals surface area (Å²) in [4.78, 5) is 23.2. The summed E-state index contributed by atoms with van der Waals surface area (Å²) in [6.45, 7) is 1.19. The molecule has 3 aromatic rings. The number of carbonyl (C=O) groups is 1. The lowest BCUT2D eigenvalue weighted by molar-refractivity contribution is 0.0506. The zero-order valence-corrected chi connectivity index (χ0v) is 16.5. The Balaban J connectivity index is 1.49. The summed E-state index contributed by atoms with van der Waals surface area (Å²) in [5.74, 6) is 0.691. The Labute approximate surface area is 169 Å². The molecule has 0 N–H and O–H groups in total. The monoisotopic (exact) mass is 393 g/mol. The van der Waals surface area contributed by atoms with Gasteiger partial charge < -0.3 is 14.4 Å². The van der Waals surface area contributed by atoms with E-state index in [9.17, 15) is 4.79 Å². The fourth-order valence-corrected chi connectivity index (χ4v) is 3.47. The van der Waals surface area contributed by atoms with Crippen molar-refractivity contribution >= 4 is 5.91 Å². The van der Waals surface area contributed by atoms with E-state index in [2.05, 4.69) is 15.1 Å². The van der Waals surface area contributed by atoms with Gasteiger partial charge in [0.05, 0.1) is 19.3 Å². The van der Waals surface area contributed by atoms with Crippen LogP contribution in [0.5, 0.6) is 11.8 Å². The van der Waals surface area contributed by atoms with Gasteiger partial charge in [0, 0.05) is 31.5 Å². The van der Waals surface area contributed by atoms with Gasteiger partial charge in [0.15, 0.2) is 0 Å². The van der Waals surface area contributed by atoms with Crippen molar-refractivity contribution in [2.75, 3.05) is 20.2 Å². The number of piperidine rings is 1.